The second-order valence-electron chi connectivity index (χ2n) is 6.60. The average Bonchev–Trinajstić information content (AvgIpc) is 2.61. The molecular weight excluding hydrogens is 250 g/mol. The second-order valence-corrected chi connectivity index (χ2v) is 6.60. The molecule has 0 spiro atoms. The van der Waals surface area contributed by atoms with Gasteiger partial charge in [-0.05, 0) is 60.8 Å². The standard InChI is InChI=1S/C16H35N3O/c1-15(2)19-9-6-8-18(11-12-19)10-7-16(3)20-14-13-17(4)5/h15-16H,6-14H2,1-5H3. The van der Waals surface area contributed by atoms with Crippen molar-refractivity contribution in [1.29, 1.82) is 0 Å². The first-order valence-electron chi connectivity index (χ1n) is 8.21. The van der Waals surface area contributed by atoms with Gasteiger partial charge >= 0.3 is 0 Å². The quantitative estimate of drug-likeness (QED) is 0.676. The van der Waals surface area contributed by atoms with Gasteiger partial charge in [0, 0.05) is 32.2 Å². The van der Waals surface area contributed by atoms with Crippen molar-refractivity contribution >= 4 is 0 Å². The first kappa shape index (κ1) is 17.9. The normalized spacial score (nSPS) is 20.6. The number of hydrogen-bond donors (Lipinski definition) is 0. The van der Waals surface area contributed by atoms with Crippen molar-refractivity contribution in [3.05, 3.63) is 0 Å². The van der Waals surface area contributed by atoms with Crippen LogP contribution in [-0.2, 0) is 4.74 Å². The largest absolute Gasteiger partial charge is 0.377 e. The molecule has 1 unspecified atom stereocenters. The zero-order valence-electron chi connectivity index (χ0n) is 14.3. The van der Waals surface area contributed by atoms with E-state index in [1.807, 2.05) is 0 Å². The highest BCUT2D eigenvalue weighted by Gasteiger charge is 2.17. The van der Waals surface area contributed by atoms with Gasteiger partial charge in [-0.15, -0.1) is 0 Å². The van der Waals surface area contributed by atoms with E-state index in [0.717, 1.165) is 19.6 Å². The van der Waals surface area contributed by atoms with Crippen LogP contribution in [0.25, 0.3) is 0 Å². The summed E-state index contributed by atoms with van der Waals surface area (Å²) in [4.78, 5) is 7.37. The third-order valence-corrected chi connectivity index (χ3v) is 4.15. The molecule has 1 rings (SSSR count). The van der Waals surface area contributed by atoms with Gasteiger partial charge in [-0.2, -0.15) is 0 Å². The monoisotopic (exact) mass is 285 g/mol. The molecule has 4 nitrogen and oxygen atoms in total. The summed E-state index contributed by atoms with van der Waals surface area (Å²) in [5.41, 5.74) is 0. The van der Waals surface area contributed by atoms with Gasteiger partial charge in [-0.25, -0.2) is 0 Å². The van der Waals surface area contributed by atoms with Gasteiger partial charge in [0.25, 0.3) is 0 Å². The van der Waals surface area contributed by atoms with E-state index in [4.69, 9.17) is 4.74 Å². The smallest absolute Gasteiger partial charge is 0.0596 e. The van der Waals surface area contributed by atoms with Gasteiger partial charge < -0.3 is 14.5 Å². The fraction of sp³-hybridized carbons (Fsp3) is 1.00. The minimum absolute atomic E-state index is 0.374. The van der Waals surface area contributed by atoms with Crippen molar-refractivity contribution in [1.82, 2.24) is 14.7 Å². The number of nitrogens with zero attached hydrogens (tertiary/aromatic N) is 3. The summed E-state index contributed by atoms with van der Waals surface area (Å²) in [5.74, 6) is 0. The molecule has 0 bridgehead atoms. The van der Waals surface area contributed by atoms with E-state index >= 15 is 0 Å². The molecule has 120 valence electrons. The van der Waals surface area contributed by atoms with Crippen LogP contribution in [0.15, 0.2) is 0 Å². The summed E-state index contributed by atoms with van der Waals surface area (Å²) in [5, 5.41) is 0. The number of likely N-dealkylation sites (N-methyl/N-ethyl adjacent to an activating group) is 1. The maximum atomic E-state index is 5.86. The minimum Gasteiger partial charge on any atom is -0.377 e. The van der Waals surface area contributed by atoms with Gasteiger partial charge in [-0.1, -0.05) is 0 Å². The van der Waals surface area contributed by atoms with Crippen LogP contribution >= 0.6 is 0 Å². The van der Waals surface area contributed by atoms with Crippen molar-refractivity contribution in [3.8, 4) is 0 Å². The van der Waals surface area contributed by atoms with E-state index in [1.54, 1.807) is 0 Å². The minimum atomic E-state index is 0.374. The molecule has 1 fully saturated rings. The van der Waals surface area contributed by atoms with Gasteiger partial charge in [0.15, 0.2) is 0 Å². The fourth-order valence-corrected chi connectivity index (χ4v) is 2.62. The molecular formula is C16H35N3O. The van der Waals surface area contributed by atoms with Crippen LogP contribution in [0.5, 0.6) is 0 Å². The first-order chi connectivity index (χ1) is 9.49. The van der Waals surface area contributed by atoms with Crippen molar-refractivity contribution in [3.63, 3.8) is 0 Å². The molecule has 0 aliphatic carbocycles. The summed E-state index contributed by atoms with van der Waals surface area (Å²) in [7, 11) is 4.18. The lowest BCUT2D eigenvalue weighted by Gasteiger charge is -2.25. The van der Waals surface area contributed by atoms with Crippen LogP contribution in [0.3, 0.4) is 0 Å². The molecule has 0 radical (unpaired) electrons. The van der Waals surface area contributed by atoms with Gasteiger partial charge in [0.2, 0.25) is 0 Å². The molecule has 0 aromatic carbocycles. The molecule has 20 heavy (non-hydrogen) atoms. The Morgan fingerprint density at radius 3 is 2.45 bits per heavy atom. The summed E-state index contributed by atoms with van der Waals surface area (Å²) in [6, 6.07) is 0.684. The van der Waals surface area contributed by atoms with Crippen molar-refractivity contribution < 1.29 is 4.74 Å². The molecule has 1 aliphatic rings. The van der Waals surface area contributed by atoms with Gasteiger partial charge in [-0.3, -0.25) is 4.90 Å². The maximum absolute atomic E-state index is 5.86. The van der Waals surface area contributed by atoms with Crippen LogP contribution < -0.4 is 0 Å². The van der Waals surface area contributed by atoms with E-state index < -0.39 is 0 Å². The number of rotatable bonds is 8. The second kappa shape index (κ2) is 9.72. The topological polar surface area (TPSA) is 19.0 Å². The predicted octanol–water partition coefficient (Wildman–Crippen LogP) is 1.76. The van der Waals surface area contributed by atoms with Crippen LogP contribution in [0.2, 0.25) is 0 Å². The van der Waals surface area contributed by atoms with E-state index in [1.165, 1.54) is 39.1 Å². The molecule has 1 aliphatic heterocycles. The van der Waals surface area contributed by atoms with E-state index in [0.29, 0.717) is 12.1 Å². The lowest BCUT2D eigenvalue weighted by molar-refractivity contribution is 0.0438. The van der Waals surface area contributed by atoms with E-state index in [-0.39, 0.29) is 0 Å². The zero-order valence-corrected chi connectivity index (χ0v) is 14.3. The molecule has 1 heterocycles. The Kier molecular flexibility index (Phi) is 8.69. The van der Waals surface area contributed by atoms with Crippen LogP contribution in [0.1, 0.15) is 33.6 Å². The summed E-state index contributed by atoms with van der Waals surface area (Å²) >= 11 is 0. The maximum Gasteiger partial charge on any atom is 0.0596 e. The molecule has 0 amide bonds. The number of hydrogen-bond acceptors (Lipinski definition) is 4. The Morgan fingerprint density at radius 1 is 1.05 bits per heavy atom. The lowest BCUT2D eigenvalue weighted by Crippen LogP contribution is -2.35. The van der Waals surface area contributed by atoms with Crippen LogP contribution in [-0.4, -0.2) is 86.8 Å². The average molecular weight is 285 g/mol. The Morgan fingerprint density at radius 2 is 1.80 bits per heavy atom. The Hall–Kier alpha value is -0.160. The summed E-state index contributed by atoms with van der Waals surface area (Å²) < 4.78 is 5.86. The van der Waals surface area contributed by atoms with Crippen molar-refractivity contribution in [2.24, 2.45) is 0 Å². The lowest BCUT2D eigenvalue weighted by atomic mass is 10.2. The molecule has 0 aromatic rings. The third-order valence-electron chi connectivity index (χ3n) is 4.15. The summed E-state index contributed by atoms with van der Waals surface area (Å²) in [6.45, 7) is 14.8. The van der Waals surface area contributed by atoms with E-state index in [2.05, 4.69) is 49.6 Å². The molecule has 0 aromatic heterocycles. The molecule has 1 saturated heterocycles. The molecule has 1 atom stereocenters. The number of ether oxygens (including phenoxy) is 1. The Balaban J connectivity index is 2.15. The highest BCUT2D eigenvalue weighted by Crippen LogP contribution is 2.08. The Bertz CT molecular complexity index is 246. The van der Waals surface area contributed by atoms with E-state index in [9.17, 15) is 0 Å². The molecule has 0 saturated carbocycles. The third kappa shape index (κ3) is 7.58. The molecule has 0 N–H and O–H groups in total. The zero-order chi connectivity index (χ0) is 15.0. The summed E-state index contributed by atoms with van der Waals surface area (Å²) in [6.07, 6.45) is 2.82. The first-order valence-corrected chi connectivity index (χ1v) is 8.21. The predicted molar refractivity (Wildman–Crippen MR) is 86.4 cm³/mol. The van der Waals surface area contributed by atoms with Gasteiger partial charge in [0.05, 0.1) is 12.7 Å². The highest BCUT2D eigenvalue weighted by atomic mass is 16.5. The highest BCUT2D eigenvalue weighted by molar-refractivity contribution is 4.72. The SMILES string of the molecule is CC(CCN1CCCN(C(C)C)CC1)OCCN(C)C. The molecule has 4 heteroatoms. The van der Waals surface area contributed by atoms with Crippen LogP contribution in [0, 0.1) is 0 Å². The van der Waals surface area contributed by atoms with Crippen LogP contribution in [0.4, 0.5) is 0 Å². The van der Waals surface area contributed by atoms with Gasteiger partial charge in [0.1, 0.15) is 0 Å². The van der Waals surface area contributed by atoms with Crippen molar-refractivity contribution in [2.75, 3.05) is 60.0 Å². The van der Waals surface area contributed by atoms with Crippen molar-refractivity contribution in [2.45, 2.75) is 45.8 Å². The fourth-order valence-electron chi connectivity index (χ4n) is 2.62. The Labute approximate surface area is 126 Å².